The third-order valence-electron chi connectivity index (χ3n) is 5.67. The van der Waals surface area contributed by atoms with Gasteiger partial charge in [0.1, 0.15) is 19.3 Å². The highest BCUT2D eigenvalue weighted by molar-refractivity contribution is 9.10. The Kier molecular flexibility index (Phi) is 8.56. The van der Waals surface area contributed by atoms with Gasteiger partial charge in [-0.3, -0.25) is 9.59 Å². The first kappa shape index (κ1) is 24.1. The number of nitrogens with zero attached hydrogens (tertiary/aromatic N) is 1. The number of carbonyl (C=O) groups excluding carboxylic acids is 2. The summed E-state index contributed by atoms with van der Waals surface area (Å²) in [6, 6.07) is 13.1. The van der Waals surface area contributed by atoms with Gasteiger partial charge in [-0.1, -0.05) is 41.1 Å². The second-order valence-electron chi connectivity index (χ2n) is 8.12. The zero-order chi connectivity index (χ0) is 23.1. The summed E-state index contributed by atoms with van der Waals surface area (Å²) in [5, 5.41) is 3.00. The van der Waals surface area contributed by atoms with Gasteiger partial charge in [0.25, 0.3) is 0 Å². The van der Waals surface area contributed by atoms with Crippen LogP contribution in [0.5, 0.6) is 11.5 Å². The van der Waals surface area contributed by atoms with Gasteiger partial charge < -0.3 is 19.7 Å². The minimum absolute atomic E-state index is 0.0605. The lowest BCUT2D eigenvalue weighted by Crippen LogP contribution is -2.49. The minimum Gasteiger partial charge on any atom is -0.486 e. The van der Waals surface area contributed by atoms with Gasteiger partial charge in [-0.25, -0.2) is 0 Å². The van der Waals surface area contributed by atoms with Gasteiger partial charge in [0.2, 0.25) is 11.8 Å². The lowest BCUT2D eigenvalue weighted by atomic mass is 10.1. The summed E-state index contributed by atoms with van der Waals surface area (Å²) in [6.45, 7) is 7.23. The van der Waals surface area contributed by atoms with E-state index >= 15 is 0 Å². The lowest BCUT2D eigenvalue weighted by Gasteiger charge is -2.30. The van der Waals surface area contributed by atoms with Crippen molar-refractivity contribution in [2.45, 2.75) is 58.7 Å². The molecule has 172 valence electrons. The molecular weight excluding hydrogens is 472 g/mol. The molecule has 1 aliphatic rings. The van der Waals surface area contributed by atoms with E-state index in [0.29, 0.717) is 38.3 Å². The zero-order valence-corrected chi connectivity index (χ0v) is 20.5. The zero-order valence-electron chi connectivity index (χ0n) is 18.9. The highest BCUT2D eigenvalue weighted by atomic mass is 79.9. The summed E-state index contributed by atoms with van der Waals surface area (Å²) in [7, 11) is 0. The summed E-state index contributed by atoms with van der Waals surface area (Å²) in [4.78, 5) is 27.7. The van der Waals surface area contributed by atoms with Gasteiger partial charge in [-0.15, -0.1) is 0 Å². The SMILES string of the molecule is CCC(C)NC(=O)C(C)N(Cc1ccc(Br)cc1)C(=O)CCc1ccc2c(c1)OCCO2. The van der Waals surface area contributed by atoms with Crippen LogP contribution < -0.4 is 14.8 Å². The fraction of sp³-hybridized carbons (Fsp3) is 0.440. The van der Waals surface area contributed by atoms with Crippen LogP contribution in [0.2, 0.25) is 0 Å². The molecule has 32 heavy (non-hydrogen) atoms. The molecule has 0 fully saturated rings. The molecule has 3 rings (SSSR count). The van der Waals surface area contributed by atoms with Crippen LogP contribution in [0.3, 0.4) is 0 Å². The molecule has 1 N–H and O–H groups in total. The number of fused-ring (bicyclic) bond motifs is 1. The molecule has 2 atom stereocenters. The molecule has 0 bridgehead atoms. The van der Waals surface area contributed by atoms with E-state index in [1.54, 1.807) is 11.8 Å². The molecular formula is C25H31BrN2O4. The van der Waals surface area contributed by atoms with Gasteiger partial charge in [-0.05, 0) is 62.1 Å². The highest BCUT2D eigenvalue weighted by Crippen LogP contribution is 2.31. The van der Waals surface area contributed by atoms with Crippen molar-refractivity contribution in [1.29, 1.82) is 0 Å². The van der Waals surface area contributed by atoms with Crippen LogP contribution >= 0.6 is 15.9 Å². The predicted octanol–water partition coefficient (Wildman–Crippen LogP) is 4.48. The largest absolute Gasteiger partial charge is 0.486 e. The van der Waals surface area contributed by atoms with Crippen molar-refractivity contribution in [3.63, 3.8) is 0 Å². The normalized spacial score (nSPS) is 14.4. The number of ether oxygens (including phenoxy) is 2. The number of nitrogens with one attached hydrogen (secondary N) is 1. The Morgan fingerprint density at radius 2 is 1.69 bits per heavy atom. The van der Waals surface area contributed by atoms with Crippen molar-refractivity contribution in [1.82, 2.24) is 10.2 Å². The van der Waals surface area contributed by atoms with Gasteiger partial charge in [-0.2, -0.15) is 0 Å². The number of hydrogen-bond donors (Lipinski definition) is 1. The molecule has 0 radical (unpaired) electrons. The Hall–Kier alpha value is -2.54. The minimum atomic E-state index is -0.569. The van der Waals surface area contributed by atoms with E-state index in [4.69, 9.17) is 9.47 Å². The standard InChI is InChI=1S/C25H31BrN2O4/c1-4-17(2)27-25(30)18(3)28(16-20-5-9-21(26)10-6-20)24(29)12-8-19-7-11-22-23(15-19)32-14-13-31-22/h5-7,9-11,15,17-18H,4,8,12-14,16H2,1-3H3,(H,27,30). The van der Waals surface area contributed by atoms with Crippen molar-refractivity contribution in [3.8, 4) is 11.5 Å². The van der Waals surface area contributed by atoms with Gasteiger partial charge in [0, 0.05) is 23.5 Å². The van der Waals surface area contributed by atoms with E-state index in [9.17, 15) is 9.59 Å². The molecule has 2 unspecified atom stereocenters. The molecule has 2 amide bonds. The van der Waals surface area contributed by atoms with E-state index in [-0.39, 0.29) is 17.9 Å². The van der Waals surface area contributed by atoms with E-state index in [2.05, 4.69) is 21.2 Å². The van der Waals surface area contributed by atoms with Crippen LogP contribution in [-0.4, -0.2) is 42.0 Å². The summed E-state index contributed by atoms with van der Waals surface area (Å²) < 4.78 is 12.2. The maximum atomic E-state index is 13.3. The average Bonchev–Trinajstić information content (AvgIpc) is 2.81. The number of rotatable bonds is 9. The molecule has 7 heteroatoms. The van der Waals surface area contributed by atoms with Crippen molar-refractivity contribution < 1.29 is 19.1 Å². The Labute approximate surface area is 198 Å². The Morgan fingerprint density at radius 3 is 2.38 bits per heavy atom. The van der Waals surface area contributed by atoms with Crippen LogP contribution in [0.1, 0.15) is 44.7 Å². The molecule has 1 heterocycles. The van der Waals surface area contributed by atoms with Crippen LogP contribution in [0.4, 0.5) is 0 Å². The Morgan fingerprint density at radius 1 is 1.03 bits per heavy atom. The lowest BCUT2D eigenvalue weighted by molar-refractivity contribution is -0.140. The molecule has 0 spiro atoms. The fourth-order valence-electron chi connectivity index (χ4n) is 3.47. The van der Waals surface area contributed by atoms with E-state index in [1.165, 1.54) is 0 Å². The molecule has 1 aliphatic heterocycles. The first-order valence-corrected chi connectivity index (χ1v) is 11.9. The van der Waals surface area contributed by atoms with Crippen LogP contribution in [0.15, 0.2) is 46.9 Å². The number of aryl methyl sites for hydroxylation is 1. The van der Waals surface area contributed by atoms with E-state index in [0.717, 1.165) is 27.8 Å². The summed E-state index contributed by atoms with van der Waals surface area (Å²) in [5.41, 5.74) is 1.98. The van der Waals surface area contributed by atoms with E-state index in [1.807, 2.05) is 56.3 Å². The van der Waals surface area contributed by atoms with Crippen molar-refractivity contribution in [2.24, 2.45) is 0 Å². The molecule has 0 saturated heterocycles. The summed E-state index contributed by atoms with van der Waals surface area (Å²) in [6.07, 6.45) is 1.70. The number of hydrogen-bond acceptors (Lipinski definition) is 4. The average molecular weight is 503 g/mol. The molecule has 0 saturated carbocycles. The number of halogens is 1. The predicted molar refractivity (Wildman–Crippen MR) is 128 cm³/mol. The molecule has 0 aromatic heterocycles. The third kappa shape index (κ3) is 6.48. The molecule has 6 nitrogen and oxygen atoms in total. The first-order chi connectivity index (χ1) is 15.4. The van der Waals surface area contributed by atoms with Crippen LogP contribution in [0.25, 0.3) is 0 Å². The Bertz CT molecular complexity index is 932. The van der Waals surface area contributed by atoms with Crippen LogP contribution in [-0.2, 0) is 22.6 Å². The second kappa shape index (κ2) is 11.4. The topological polar surface area (TPSA) is 67.9 Å². The quantitative estimate of drug-likeness (QED) is 0.548. The maximum absolute atomic E-state index is 13.3. The van der Waals surface area contributed by atoms with Gasteiger partial charge in [0.15, 0.2) is 11.5 Å². The monoisotopic (exact) mass is 502 g/mol. The Balaban J connectivity index is 1.71. The molecule has 0 aliphatic carbocycles. The van der Waals surface area contributed by atoms with Gasteiger partial charge in [0.05, 0.1) is 0 Å². The van der Waals surface area contributed by atoms with Crippen molar-refractivity contribution in [3.05, 3.63) is 58.1 Å². The fourth-order valence-corrected chi connectivity index (χ4v) is 3.74. The molecule has 2 aromatic carbocycles. The summed E-state index contributed by atoms with van der Waals surface area (Å²) in [5.74, 6) is 1.26. The number of amides is 2. The van der Waals surface area contributed by atoms with Crippen LogP contribution in [0, 0.1) is 0 Å². The van der Waals surface area contributed by atoms with Crippen molar-refractivity contribution >= 4 is 27.7 Å². The summed E-state index contributed by atoms with van der Waals surface area (Å²) >= 11 is 3.44. The molecule has 2 aromatic rings. The van der Waals surface area contributed by atoms with E-state index < -0.39 is 6.04 Å². The number of benzene rings is 2. The smallest absolute Gasteiger partial charge is 0.242 e. The van der Waals surface area contributed by atoms with Gasteiger partial charge >= 0.3 is 0 Å². The first-order valence-electron chi connectivity index (χ1n) is 11.1. The second-order valence-corrected chi connectivity index (χ2v) is 9.04. The number of carbonyl (C=O) groups is 2. The third-order valence-corrected chi connectivity index (χ3v) is 6.20. The maximum Gasteiger partial charge on any atom is 0.242 e. The van der Waals surface area contributed by atoms with Crippen molar-refractivity contribution in [2.75, 3.05) is 13.2 Å². The highest BCUT2D eigenvalue weighted by Gasteiger charge is 2.26.